The van der Waals surface area contributed by atoms with Gasteiger partial charge in [0.2, 0.25) is 0 Å². The third-order valence-corrected chi connectivity index (χ3v) is 4.20. The van der Waals surface area contributed by atoms with E-state index in [0.717, 1.165) is 31.2 Å². The fourth-order valence-corrected chi connectivity index (χ4v) is 2.68. The monoisotopic (exact) mass is 395 g/mol. The summed E-state index contributed by atoms with van der Waals surface area (Å²) >= 11 is 0. The molecule has 1 atom stereocenters. The van der Waals surface area contributed by atoms with Crippen LogP contribution in [0.25, 0.3) is 0 Å². The minimum atomic E-state index is -0.921. The van der Waals surface area contributed by atoms with E-state index in [1.165, 1.54) is 17.1 Å². The van der Waals surface area contributed by atoms with Crippen molar-refractivity contribution in [3.63, 3.8) is 0 Å². The zero-order chi connectivity index (χ0) is 18.9. The third kappa shape index (κ3) is 6.94. The standard InChI is InChI=1S/C19H25N3O4.ClH/c1-2-3-4-5-6-17(19(25)26)22-12-16(21-13-22)18(24)20-11-14-7-9-15(23)10-8-14;/h7-10,12-13,17,23H,2-6,11H2,1H3,(H,20,24)(H,25,26);1H. The van der Waals surface area contributed by atoms with Crippen molar-refractivity contribution in [2.24, 2.45) is 0 Å². The number of carboxylic acid groups (broad SMARTS) is 1. The number of carbonyl (C=O) groups is 2. The molecule has 0 spiro atoms. The summed E-state index contributed by atoms with van der Waals surface area (Å²) < 4.78 is 1.49. The van der Waals surface area contributed by atoms with Gasteiger partial charge >= 0.3 is 5.97 Å². The topological polar surface area (TPSA) is 104 Å². The van der Waals surface area contributed by atoms with E-state index in [1.807, 2.05) is 0 Å². The number of carbonyl (C=O) groups excluding carboxylic acids is 1. The molecule has 2 rings (SSSR count). The maximum Gasteiger partial charge on any atom is 0.326 e. The van der Waals surface area contributed by atoms with Gasteiger partial charge in [0.1, 0.15) is 17.5 Å². The molecule has 0 radical (unpaired) electrons. The third-order valence-electron chi connectivity index (χ3n) is 4.20. The first-order valence-electron chi connectivity index (χ1n) is 8.83. The minimum Gasteiger partial charge on any atom is -0.508 e. The van der Waals surface area contributed by atoms with E-state index in [4.69, 9.17) is 0 Å². The quantitative estimate of drug-likeness (QED) is 0.534. The molecule has 148 valence electrons. The number of benzene rings is 1. The largest absolute Gasteiger partial charge is 0.508 e. The van der Waals surface area contributed by atoms with Gasteiger partial charge in [-0.2, -0.15) is 0 Å². The number of aromatic hydroxyl groups is 1. The summed E-state index contributed by atoms with van der Waals surface area (Å²) in [5.41, 5.74) is 1.03. The highest BCUT2D eigenvalue weighted by Gasteiger charge is 2.20. The van der Waals surface area contributed by atoms with E-state index in [-0.39, 0.29) is 29.8 Å². The van der Waals surface area contributed by atoms with Crippen molar-refractivity contribution in [1.29, 1.82) is 0 Å². The van der Waals surface area contributed by atoms with Gasteiger partial charge in [-0.15, -0.1) is 12.4 Å². The lowest BCUT2D eigenvalue weighted by molar-refractivity contribution is -0.141. The molecule has 1 amide bonds. The van der Waals surface area contributed by atoms with Gasteiger partial charge in [-0.05, 0) is 24.1 Å². The number of hydrogen-bond acceptors (Lipinski definition) is 4. The second kappa shape index (κ2) is 11.2. The molecule has 0 aliphatic carbocycles. The lowest BCUT2D eigenvalue weighted by Gasteiger charge is -2.13. The Morgan fingerprint density at radius 3 is 2.52 bits per heavy atom. The summed E-state index contributed by atoms with van der Waals surface area (Å²) in [7, 11) is 0. The van der Waals surface area contributed by atoms with E-state index >= 15 is 0 Å². The van der Waals surface area contributed by atoms with Crippen LogP contribution in [0.4, 0.5) is 0 Å². The number of carboxylic acids is 1. The van der Waals surface area contributed by atoms with Gasteiger partial charge in [-0.1, -0.05) is 44.7 Å². The molecular formula is C19H26ClN3O4. The highest BCUT2D eigenvalue weighted by atomic mass is 35.5. The van der Waals surface area contributed by atoms with Crippen molar-refractivity contribution in [2.45, 2.75) is 51.6 Å². The summed E-state index contributed by atoms with van der Waals surface area (Å²) in [6.07, 6.45) is 7.38. The predicted molar refractivity (Wildman–Crippen MR) is 104 cm³/mol. The van der Waals surface area contributed by atoms with Gasteiger partial charge in [0.05, 0.1) is 6.33 Å². The van der Waals surface area contributed by atoms with Gasteiger partial charge in [-0.25, -0.2) is 9.78 Å². The Hall–Kier alpha value is -2.54. The molecule has 0 saturated heterocycles. The average molecular weight is 396 g/mol. The van der Waals surface area contributed by atoms with E-state index in [0.29, 0.717) is 13.0 Å². The molecule has 7 nitrogen and oxygen atoms in total. The first-order chi connectivity index (χ1) is 12.5. The van der Waals surface area contributed by atoms with Crippen molar-refractivity contribution >= 4 is 24.3 Å². The van der Waals surface area contributed by atoms with Crippen LogP contribution in [0.3, 0.4) is 0 Å². The van der Waals surface area contributed by atoms with Crippen LogP contribution in [-0.4, -0.2) is 31.6 Å². The number of aliphatic carboxylic acids is 1. The zero-order valence-corrected chi connectivity index (χ0v) is 16.1. The summed E-state index contributed by atoms with van der Waals surface area (Å²) in [5.74, 6) is -1.13. The number of phenols is 1. The molecule has 1 aromatic carbocycles. The van der Waals surface area contributed by atoms with Crippen LogP contribution < -0.4 is 5.32 Å². The van der Waals surface area contributed by atoms with Gasteiger partial charge in [-0.3, -0.25) is 4.79 Å². The molecule has 0 aliphatic rings. The van der Waals surface area contributed by atoms with Crippen LogP contribution in [-0.2, 0) is 11.3 Å². The second-order valence-corrected chi connectivity index (χ2v) is 6.26. The Labute approximate surface area is 164 Å². The Morgan fingerprint density at radius 1 is 1.19 bits per heavy atom. The molecule has 0 fully saturated rings. The molecule has 1 heterocycles. The molecule has 0 aliphatic heterocycles. The number of halogens is 1. The van der Waals surface area contributed by atoms with Gasteiger partial charge in [0, 0.05) is 12.7 Å². The molecule has 0 bridgehead atoms. The highest BCUT2D eigenvalue weighted by molar-refractivity contribution is 5.92. The van der Waals surface area contributed by atoms with Crippen LogP contribution >= 0.6 is 12.4 Å². The summed E-state index contributed by atoms with van der Waals surface area (Å²) in [6.45, 7) is 2.40. The number of phenolic OH excluding ortho intramolecular Hbond substituents is 1. The Balaban J connectivity index is 0.00000364. The number of nitrogens with zero attached hydrogens (tertiary/aromatic N) is 2. The molecular weight excluding hydrogens is 370 g/mol. The minimum absolute atomic E-state index is 0. The number of nitrogens with one attached hydrogen (secondary N) is 1. The van der Waals surface area contributed by atoms with Gasteiger partial charge < -0.3 is 20.1 Å². The maximum atomic E-state index is 12.2. The van der Waals surface area contributed by atoms with Crippen molar-refractivity contribution in [2.75, 3.05) is 0 Å². The summed E-state index contributed by atoms with van der Waals surface area (Å²) in [5, 5.41) is 21.4. The Kier molecular flexibility index (Phi) is 9.36. The highest BCUT2D eigenvalue weighted by Crippen LogP contribution is 2.17. The Bertz CT molecular complexity index is 731. The predicted octanol–water partition coefficient (Wildman–Crippen LogP) is 3.54. The zero-order valence-electron chi connectivity index (χ0n) is 15.3. The summed E-state index contributed by atoms with van der Waals surface area (Å²) in [4.78, 5) is 27.8. The lowest BCUT2D eigenvalue weighted by atomic mass is 10.1. The number of imidazole rings is 1. The number of aromatic nitrogens is 2. The smallest absolute Gasteiger partial charge is 0.326 e. The van der Waals surface area contributed by atoms with Crippen molar-refractivity contribution in [3.8, 4) is 5.75 Å². The first kappa shape index (κ1) is 22.5. The van der Waals surface area contributed by atoms with Crippen LogP contribution in [0.5, 0.6) is 5.75 Å². The van der Waals surface area contributed by atoms with Crippen LogP contribution in [0, 0.1) is 0 Å². The molecule has 3 N–H and O–H groups in total. The molecule has 27 heavy (non-hydrogen) atoms. The van der Waals surface area contributed by atoms with E-state index in [2.05, 4.69) is 17.2 Å². The van der Waals surface area contributed by atoms with Crippen LogP contribution in [0.15, 0.2) is 36.8 Å². The molecule has 2 aromatic rings. The van der Waals surface area contributed by atoms with Crippen molar-refractivity contribution < 1.29 is 19.8 Å². The number of unbranched alkanes of at least 4 members (excludes halogenated alkanes) is 3. The van der Waals surface area contributed by atoms with E-state index in [9.17, 15) is 19.8 Å². The van der Waals surface area contributed by atoms with Crippen LogP contribution in [0.2, 0.25) is 0 Å². The second-order valence-electron chi connectivity index (χ2n) is 6.26. The van der Waals surface area contributed by atoms with Crippen molar-refractivity contribution in [3.05, 3.63) is 48.0 Å². The van der Waals surface area contributed by atoms with E-state index < -0.39 is 12.0 Å². The number of hydrogen-bond donors (Lipinski definition) is 3. The fourth-order valence-electron chi connectivity index (χ4n) is 2.68. The molecule has 1 aromatic heterocycles. The van der Waals surface area contributed by atoms with E-state index in [1.54, 1.807) is 24.3 Å². The SMILES string of the molecule is CCCCCCC(C(=O)O)n1cnc(C(=O)NCc2ccc(O)cc2)c1.Cl. The number of rotatable bonds is 10. The lowest BCUT2D eigenvalue weighted by Crippen LogP contribution is -2.23. The fraction of sp³-hybridized carbons (Fsp3) is 0.421. The maximum absolute atomic E-state index is 12.2. The molecule has 0 saturated carbocycles. The molecule has 1 unspecified atom stereocenters. The Morgan fingerprint density at radius 2 is 1.89 bits per heavy atom. The summed E-state index contributed by atoms with van der Waals surface area (Å²) in [6, 6.07) is 5.81. The normalized spacial score (nSPS) is 11.4. The number of amides is 1. The van der Waals surface area contributed by atoms with Gasteiger partial charge in [0.25, 0.3) is 5.91 Å². The van der Waals surface area contributed by atoms with Crippen molar-refractivity contribution in [1.82, 2.24) is 14.9 Å². The van der Waals surface area contributed by atoms with Gasteiger partial charge in [0.15, 0.2) is 0 Å². The van der Waals surface area contributed by atoms with Crippen LogP contribution in [0.1, 0.15) is 61.1 Å². The molecule has 8 heteroatoms. The average Bonchev–Trinajstić information content (AvgIpc) is 3.10. The first-order valence-corrected chi connectivity index (χ1v) is 8.83.